The lowest BCUT2D eigenvalue weighted by molar-refractivity contribution is -0.671. The Morgan fingerprint density at radius 1 is 1.50 bits per heavy atom. The van der Waals surface area contributed by atoms with E-state index < -0.39 is 0 Å². The highest BCUT2D eigenvalue weighted by Gasteiger charge is 2.08. The van der Waals surface area contributed by atoms with E-state index in [0.29, 0.717) is 6.04 Å². The van der Waals surface area contributed by atoms with Crippen LogP contribution in [0, 0.1) is 0 Å². The zero-order valence-corrected chi connectivity index (χ0v) is 8.33. The summed E-state index contributed by atoms with van der Waals surface area (Å²) in [6.45, 7) is 4.51. The van der Waals surface area contributed by atoms with E-state index >= 15 is 0 Å². The van der Waals surface area contributed by atoms with Crippen LogP contribution in [-0.4, -0.2) is 4.57 Å². The van der Waals surface area contributed by atoms with E-state index in [2.05, 4.69) is 48.8 Å². The lowest BCUT2D eigenvalue weighted by Gasteiger charge is -2.05. The molecule has 0 amide bonds. The summed E-state index contributed by atoms with van der Waals surface area (Å²) >= 11 is 0. The van der Waals surface area contributed by atoms with Gasteiger partial charge in [-0.1, -0.05) is 13.3 Å². The molecule has 2 nitrogen and oxygen atoms in total. The smallest absolute Gasteiger partial charge is 0.240 e. The Bertz CT molecular complexity index is 227. The quantitative estimate of drug-likeness (QED) is 0.607. The van der Waals surface area contributed by atoms with Gasteiger partial charge in [0, 0.05) is 0 Å². The number of aromatic nitrogens is 2. The molecule has 0 saturated carbocycles. The summed E-state index contributed by atoms with van der Waals surface area (Å²) in [5.41, 5.74) is 0. The number of hydrogen-bond acceptors (Lipinski definition) is 0. The molecule has 1 aromatic heterocycles. The molecule has 0 aliphatic heterocycles. The third kappa shape index (κ3) is 2.36. The maximum atomic E-state index is 2.27. The second-order valence-corrected chi connectivity index (χ2v) is 3.52. The molecular weight excluding hydrogens is 148 g/mol. The van der Waals surface area contributed by atoms with E-state index in [0.717, 1.165) is 0 Å². The summed E-state index contributed by atoms with van der Waals surface area (Å²) in [7, 11) is 2.06. The van der Waals surface area contributed by atoms with Gasteiger partial charge in [0.2, 0.25) is 6.33 Å². The van der Waals surface area contributed by atoms with Crippen LogP contribution in [-0.2, 0) is 7.05 Å². The van der Waals surface area contributed by atoms with Crippen LogP contribution in [0.3, 0.4) is 0 Å². The van der Waals surface area contributed by atoms with Crippen molar-refractivity contribution in [2.24, 2.45) is 7.05 Å². The second-order valence-electron chi connectivity index (χ2n) is 3.52. The molecule has 0 bridgehead atoms. The Labute approximate surface area is 74.8 Å². The topological polar surface area (TPSA) is 8.81 Å². The van der Waals surface area contributed by atoms with E-state index in [4.69, 9.17) is 0 Å². The van der Waals surface area contributed by atoms with Gasteiger partial charge in [0.25, 0.3) is 0 Å². The molecule has 0 N–H and O–H groups in total. The zero-order valence-electron chi connectivity index (χ0n) is 8.33. The Balaban J connectivity index is 2.47. The van der Waals surface area contributed by atoms with Crippen LogP contribution in [0.15, 0.2) is 18.7 Å². The molecule has 1 rings (SSSR count). The minimum atomic E-state index is 0.645. The van der Waals surface area contributed by atoms with Crippen molar-refractivity contribution in [2.75, 3.05) is 0 Å². The van der Waals surface area contributed by atoms with E-state index in [1.807, 2.05) is 0 Å². The van der Waals surface area contributed by atoms with Gasteiger partial charge in [0.05, 0.1) is 13.1 Å². The highest BCUT2D eigenvalue weighted by atomic mass is 15.1. The first-order valence-electron chi connectivity index (χ1n) is 4.76. The molecule has 0 fully saturated rings. The predicted octanol–water partition coefficient (Wildman–Crippen LogP) is 2.06. The van der Waals surface area contributed by atoms with Gasteiger partial charge in [-0.3, -0.25) is 0 Å². The Morgan fingerprint density at radius 2 is 2.25 bits per heavy atom. The van der Waals surface area contributed by atoms with Crippen molar-refractivity contribution in [3.05, 3.63) is 18.7 Å². The number of hydrogen-bond donors (Lipinski definition) is 0. The average molecular weight is 167 g/mol. The van der Waals surface area contributed by atoms with Gasteiger partial charge in [-0.05, 0) is 19.8 Å². The van der Waals surface area contributed by atoms with Crippen molar-refractivity contribution in [3.63, 3.8) is 0 Å². The molecule has 1 atom stereocenters. The van der Waals surface area contributed by atoms with Crippen LogP contribution >= 0.6 is 0 Å². The standard InChI is InChI=1S/C10H19N2/c1-4-5-6-10(2)12-8-7-11(3)9-12/h7-10H,4-6H2,1-3H3/q+1. The van der Waals surface area contributed by atoms with Crippen molar-refractivity contribution in [1.29, 1.82) is 0 Å². The molecule has 1 aromatic rings. The highest BCUT2D eigenvalue weighted by Crippen LogP contribution is 2.12. The Morgan fingerprint density at radius 3 is 2.75 bits per heavy atom. The SMILES string of the molecule is CCCCC(C)n1cc[n+](C)c1. The zero-order chi connectivity index (χ0) is 8.97. The predicted molar refractivity (Wildman–Crippen MR) is 49.8 cm³/mol. The molecule has 0 aliphatic carbocycles. The number of nitrogens with zero attached hydrogens (tertiary/aromatic N) is 2. The minimum Gasteiger partial charge on any atom is -0.240 e. The number of aryl methyl sites for hydroxylation is 1. The molecule has 0 spiro atoms. The molecule has 0 aliphatic rings. The molecular formula is C10H19N2+. The van der Waals surface area contributed by atoms with Crippen LogP contribution in [0.5, 0.6) is 0 Å². The van der Waals surface area contributed by atoms with E-state index in [1.165, 1.54) is 19.3 Å². The first kappa shape index (κ1) is 9.30. The van der Waals surface area contributed by atoms with Crippen LogP contribution in [0.4, 0.5) is 0 Å². The fraction of sp³-hybridized carbons (Fsp3) is 0.700. The van der Waals surface area contributed by atoms with Crippen LogP contribution in [0.25, 0.3) is 0 Å². The second kappa shape index (κ2) is 4.29. The molecule has 0 aromatic carbocycles. The fourth-order valence-corrected chi connectivity index (χ4v) is 1.38. The van der Waals surface area contributed by atoms with Gasteiger partial charge >= 0.3 is 0 Å². The molecule has 0 radical (unpaired) electrons. The molecule has 68 valence electrons. The Hall–Kier alpha value is -0.790. The van der Waals surface area contributed by atoms with Gasteiger partial charge in [-0.15, -0.1) is 0 Å². The van der Waals surface area contributed by atoms with Gasteiger partial charge in [0.15, 0.2) is 0 Å². The van der Waals surface area contributed by atoms with Crippen molar-refractivity contribution in [2.45, 2.75) is 39.2 Å². The van der Waals surface area contributed by atoms with Crippen molar-refractivity contribution in [1.82, 2.24) is 4.57 Å². The molecule has 0 saturated heterocycles. The fourth-order valence-electron chi connectivity index (χ4n) is 1.38. The summed E-state index contributed by atoms with van der Waals surface area (Å²) in [6, 6.07) is 0.645. The average Bonchev–Trinajstić information content (AvgIpc) is 2.47. The monoisotopic (exact) mass is 167 g/mol. The maximum Gasteiger partial charge on any atom is 0.243 e. The Kier molecular flexibility index (Phi) is 3.32. The summed E-state index contributed by atoms with van der Waals surface area (Å²) < 4.78 is 4.36. The first-order chi connectivity index (χ1) is 5.74. The van der Waals surface area contributed by atoms with Crippen LogP contribution < -0.4 is 4.57 Å². The van der Waals surface area contributed by atoms with Gasteiger partial charge in [-0.2, -0.15) is 0 Å². The normalized spacial score (nSPS) is 13.2. The molecule has 2 heteroatoms. The van der Waals surface area contributed by atoms with Crippen molar-refractivity contribution < 1.29 is 4.57 Å². The highest BCUT2D eigenvalue weighted by molar-refractivity contribution is 4.72. The van der Waals surface area contributed by atoms with E-state index in [9.17, 15) is 0 Å². The molecule has 1 heterocycles. The lowest BCUT2D eigenvalue weighted by atomic mass is 10.1. The summed E-state index contributed by atoms with van der Waals surface area (Å²) in [5, 5.41) is 0. The van der Waals surface area contributed by atoms with Gasteiger partial charge in [-0.25, -0.2) is 9.13 Å². The van der Waals surface area contributed by atoms with Crippen LogP contribution in [0.1, 0.15) is 39.2 Å². The van der Waals surface area contributed by atoms with E-state index in [-0.39, 0.29) is 0 Å². The summed E-state index contributed by atoms with van der Waals surface area (Å²) in [5.74, 6) is 0. The van der Waals surface area contributed by atoms with Gasteiger partial charge < -0.3 is 0 Å². The lowest BCUT2D eigenvalue weighted by Crippen LogP contribution is -2.24. The maximum absolute atomic E-state index is 2.27. The minimum absolute atomic E-state index is 0.645. The number of imidazole rings is 1. The first-order valence-corrected chi connectivity index (χ1v) is 4.76. The summed E-state index contributed by atoms with van der Waals surface area (Å²) in [4.78, 5) is 0. The number of unbranched alkanes of at least 4 members (excludes halogenated alkanes) is 1. The number of rotatable bonds is 4. The van der Waals surface area contributed by atoms with Crippen LogP contribution in [0.2, 0.25) is 0 Å². The summed E-state index contributed by atoms with van der Waals surface area (Å²) in [6.07, 6.45) is 10.3. The third-order valence-electron chi connectivity index (χ3n) is 2.27. The van der Waals surface area contributed by atoms with Crippen molar-refractivity contribution >= 4 is 0 Å². The van der Waals surface area contributed by atoms with Gasteiger partial charge in [0.1, 0.15) is 12.4 Å². The third-order valence-corrected chi connectivity index (χ3v) is 2.27. The molecule has 1 unspecified atom stereocenters. The molecule has 12 heavy (non-hydrogen) atoms. The largest absolute Gasteiger partial charge is 0.243 e. The van der Waals surface area contributed by atoms with E-state index in [1.54, 1.807) is 0 Å². The van der Waals surface area contributed by atoms with Crippen molar-refractivity contribution in [3.8, 4) is 0 Å².